The van der Waals surface area contributed by atoms with Gasteiger partial charge >= 0.3 is 0 Å². The van der Waals surface area contributed by atoms with E-state index in [1.807, 2.05) is 138 Å². The molecule has 6 heterocycles. The SMILES string of the molecule is [2H]C([2H])([2H])n1c2ccccc2c2cc3c4ccccc4n(C([2H])([2H])[2H])c3c(N3[CH-]N(c4[c-]c(Oc5[c-]c6c(cc5)c5ncccc5n6-c5cc(C(C)(C)c6ccccc6)ccn5)ccc4)c4ccccc43)c21.[Pt]. The van der Waals surface area contributed by atoms with Crippen molar-refractivity contribution in [3.63, 3.8) is 0 Å². The molecule has 67 heavy (non-hydrogen) atoms. The fraction of sp³-hybridized carbons (Fsp3) is 0.0862. The fourth-order valence-corrected chi connectivity index (χ4v) is 9.99. The Kier molecular flexibility index (Phi) is 8.00. The van der Waals surface area contributed by atoms with Crippen LogP contribution in [-0.4, -0.2) is 23.7 Å². The molecule has 0 spiro atoms. The summed E-state index contributed by atoms with van der Waals surface area (Å²) >= 11 is 0. The first-order chi connectivity index (χ1) is 34.8. The number of para-hydroxylation sites is 4. The van der Waals surface area contributed by atoms with E-state index in [0.29, 0.717) is 61.4 Å². The second-order valence-corrected chi connectivity index (χ2v) is 17.3. The first kappa shape index (κ1) is 34.6. The van der Waals surface area contributed by atoms with Gasteiger partial charge in [-0.05, 0) is 65.7 Å². The van der Waals surface area contributed by atoms with Gasteiger partial charge in [0.25, 0.3) is 0 Å². The maximum absolute atomic E-state index is 8.95. The summed E-state index contributed by atoms with van der Waals surface area (Å²) in [5.41, 5.74) is 8.76. The molecule has 0 bridgehead atoms. The summed E-state index contributed by atoms with van der Waals surface area (Å²) in [5.74, 6) is 1.61. The Balaban J connectivity index is 0.00000543. The number of benzene rings is 7. The second kappa shape index (κ2) is 15.5. The van der Waals surface area contributed by atoms with Gasteiger partial charge in [-0.2, -0.15) is 12.1 Å². The number of ether oxygens (including phenoxy) is 1. The Morgan fingerprint density at radius 1 is 0.552 bits per heavy atom. The van der Waals surface area contributed by atoms with E-state index < -0.39 is 14.0 Å². The molecule has 1 aliphatic rings. The van der Waals surface area contributed by atoms with Gasteiger partial charge in [-0.25, -0.2) is 4.98 Å². The normalized spacial score (nSPS) is 14.5. The first-order valence-corrected chi connectivity index (χ1v) is 21.8. The van der Waals surface area contributed by atoms with Gasteiger partial charge in [0.1, 0.15) is 5.82 Å². The molecule has 0 N–H and O–H groups in total. The predicted molar refractivity (Wildman–Crippen MR) is 269 cm³/mol. The van der Waals surface area contributed by atoms with E-state index in [0.717, 1.165) is 49.8 Å². The van der Waals surface area contributed by atoms with Crippen LogP contribution in [0.3, 0.4) is 0 Å². The van der Waals surface area contributed by atoms with Crippen LogP contribution in [0.15, 0.2) is 176 Å². The van der Waals surface area contributed by atoms with E-state index in [2.05, 4.69) is 66.9 Å². The van der Waals surface area contributed by atoms with E-state index in [4.69, 9.17) is 22.9 Å². The van der Waals surface area contributed by atoms with Gasteiger partial charge in [0.05, 0.1) is 22.2 Å². The van der Waals surface area contributed by atoms with Crippen molar-refractivity contribution in [2.24, 2.45) is 14.0 Å². The van der Waals surface area contributed by atoms with Crippen molar-refractivity contribution in [1.82, 2.24) is 23.7 Å². The van der Waals surface area contributed by atoms with E-state index in [-0.39, 0.29) is 26.5 Å². The smallest absolute Gasteiger partial charge is 0.135 e. The maximum Gasteiger partial charge on any atom is 0.135 e. The molecule has 1 aliphatic heterocycles. The molecule has 0 aliphatic carbocycles. The van der Waals surface area contributed by atoms with Gasteiger partial charge in [-0.3, -0.25) is 4.98 Å². The number of aryl methyl sites for hydroxylation is 2. The molecule has 0 saturated heterocycles. The Hall–Kier alpha value is -7.67. The van der Waals surface area contributed by atoms with Gasteiger partial charge in [0.2, 0.25) is 0 Å². The molecular weight excluding hydrogens is 1010 g/mol. The summed E-state index contributed by atoms with van der Waals surface area (Å²) < 4.78 is 65.1. The molecule has 0 atom stereocenters. The molecule has 13 rings (SSSR count). The number of pyridine rings is 2. The van der Waals surface area contributed by atoms with Crippen molar-refractivity contribution in [2.45, 2.75) is 19.3 Å². The van der Waals surface area contributed by atoms with Gasteiger partial charge in [-0.15, -0.1) is 42.7 Å². The van der Waals surface area contributed by atoms with Crippen molar-refractivity contribution < 1.29 is 34.0 Å². The Labute approximate surface area is 410 Å². The van der Waals surface area contributed by atoms with E-state index in [1.165, 1.54) is 14.7 Å². The van der Waals surface area contributed by atoms with Crippen LogP contribution in [-0.2, 0) is 40.4 Å². The van der Waals surface area contributed by atoms with Gasteiger partial charge in [0.15, 0.2) is 0 Å². The number of aromatic nitrogens is 5. The molecule has 0 saturated carbocycles. The maximum atomic E-state index is 8.95. The van der Waals surface area contributed by atoms with Crippen molar-refractivity contribution in [1.29, 1.82) is 0 Å². The van der Waals surface area contributed by atoms with Crippen molar-refractivity contribution in [3.05, 3.63) is 206 Å². The Morgan fingerprint density at radius 3 is 1.94 bits per heavy atom. The summed E-state index contributed by atoms with van der Waals surface area (Å²) in [6.07, 6.45) is 3.64. The summed E-state index contributed by atoms with van der Waals surface area (Å²) in [7, 11) is 0. The van der Waals surface area contributed by atoms with E-state index >= 15 is 0 Å². The topological polar surface area (TPSA) is 56.3 Å². The molecule has 12 aromatic rings. The van der Waals surface area contributed by atoms with Gasteiger partial charge < -0.3 is 28.2 Å². The molecule has 328 valence electrons. The van der Waals surface area contributed by atoms with E-state index in [1.54, 1.807) is 18.3 Å². The van der Waals surface area contributed by atoms with Crippen LogP contribution < -0.4 is 14.5 Å². The summed E-state index contributed by atoms with van der Waals surface area (Å²) in [6.45, 7) is 1.04. The molecule has 0 unspecified atom stereocenters. The minimum atomic E-state index is -2.64. The number of rotatable bonds is 7. The van der Waals surface area contributed by atoms with Crippen LogP contribution in [0.4, 0.5) is 22.7 Å². The summed E-state index contributed by atoms with van der Waals surface area (Å²) in [5, 5.41) is 3.75. The zero-order valence-electron chi connectivity index (χ0n) is 42.2. The second-order valence-electron chi connectivity index (χ2n) is 17.3. The first-order valence-electron chi connectivity index (χ1n) is 24.8. The quantitative estimate of drug-likeness (QED) is 0.149. The van der Waals surface area contributed by atoms with Crippen LogP contribution >= 0.6 is 0 Å². The molecule has 0 radical (unpaired) electrons. The van der Waals surface area contributed by atoms with Crippen molar-refractivity contribution in [2.75, 3.05) is 9.80 Å². The third-order valence-electron chi connectivity index (χ3n) is 13.3. The molecule has 5 aromatic heterocycles. The molecular formula is C58H42N7OPt-3. The van der Waals surface area contributed by atoms with Crippen LogP contribution in [0, 0.1) is 18.8 Å². The zero-order valence-corrected chi connectivity index (χ0v) is 38.4. The van der Waals surface area contributed by atoms with Crippen LogP contribution in [0.25, 0.3) is 71.4 Å². The number of nitrogens with zero attached hydrogens (tertiary/aromatic N) is 7. The third kappa shape index (κ3) is 6.16. The molecule has 7 aromatic carbocycles. The number of fused-ring (bicyclic) bond motifs is 10. The summed E-state index contributed by atoms with van der Waals surface area (Å²) in [6, 6.07) is 59.8. The molecule has 0 amide bonds. The molecule has 8 nitrogen and oxygen atoms in total. The predicted octanol–water partition coefficient (Wildman–Crippen LogP) is 14.0. The third-order valence-corrected chi connectivity index (χ3v) is 13.3. The number of hydrogen-bond acceptors (Lipinski definition) is 5. The Morgan fingerprint density at radius 2 is 1.21 bits per heavy atom. The molecule has 0 fully saturated rings. The van der Waals surface area contributed by atoms with Crippen molar-refractivity contribution >= 4 is 88.3 Å². The Bertz CT molecular complexity index is 4050. The minimum absolute atomic E-state index is 0. The number of hydrogen-bond donors (Lipinski definition) is 0. The monoisotopic (exact) mass is 1050 g/mol. The van der Waals surface area contributed by atoms with E-state index in [9.17, 15) is 0 Å². The van der Waals surface area contributed by atoms with Gasteiger partial charge in [0, 0.05) is 122 Å². The zero-order chi connectivity index (χ0) is 49.3. The van der Waals surface area contributed by atoms with Gasteiger partial charge in [-0.1, -0.05) is 104 Å². The summed E-state index contributed by atoms with van der Waals surface area (Å²) in [4.78, 5) is 13.6. The average Bonchev–Trinajstić information content (AvgIpc) is 4.13. The van der Waals surface area contributed by atoms with Crippen LogP contribution in [0.1, 0.15) is 33.2 Å². The fourth-order valence-electron chi connectivity index (χ4n) is 9.99. The number of anilines is 4. The van der Waals surface area contributed by atoms with Crippen LogP contribution in [0.2, 0.25) is 0 Å². The average molecular weight is 1050 g/mol. The molecule has 9 heteroatoms. The minimum Gasteiger partial charge on any atom is -0.509 e. The van der Waals surface area contributed by atoms with Crippen molar-refractivity contribution in [3.8, 4) is 17.3 Å². The van der Waals surface area contributed by atoms with Crippen LogP contribution in [0.5, 0.6) is 11.5 Å². The standard InChI is InChI=1S/C58H42N7O.Pt/c1-58(2,37-16-6-5-7-17-37)38-29-31-59-53(32-38)65-51-26-15-30-60-54(51)44-28-27-41(34-52(44)65)66-40-19-14-18-39(33-40)63-36-64(50-25-13-12-24-49(50)63)57-55-45(42-20-8-10-22-47(42)61(55)3)35-46-43-21-9-11-23-48(43)62(4)56(46)57;/h5-32,35-36H,1-4H3;/q-3;/i3D3,4D3;. The largest absolute Gasteiger partial charge is 0.509 e.